The second-order valence-corrected chi connectivity index (χ2v) is 6.43. The largest absolute Gasteiger partial charge is 0.374 e. The van der Waals surface area contributed by atoms with Gasteiger partial charge in [0, 0.05) is 0 Å². The summed E-state index contributed by atoms with van der Waals surface area (Å²) in [5, 5.41) is 8.36. The van der Waals surface area contributed by atoms with E-state index in [9.17, 15) is 4.39 Å². The van der Waals surface area contributed by atoms with E-state index >= 15 is 0 Å². The highest BCUT2D eigenvalue weighted by atomic mass is 19.1. The first-order valence-electron chi connectivity index (χ1n) is 8.84. The number of nitriles is 1. The molecule has 1 fully saturated rings. The molecule has 0 bridgehead atoms. The summed E-state index contributed by atoms with van der Waals surface area (Å²) in [5.74, 6) is -0.283. The van der Waals surface area contributed by atoms with Gasteiger partial charge in [-0.15, -0.1) is 0 Å². The van der Waals surface area contributed by atoms with Crippen molar-refractivity contribution >= 4 is 0 Å². The van der Waals surface area contributed by atoms with Crippen molar-refractivity contribution in [1.29, 1.82) is 5.26 Å². The van der Waals surface area contributed by atoms with Crippen molar-refractivity contribution in [2.24, 2.45) is 5.92 Å². The average Bonchev–Trinajstić information content (AvgIpc) is 2.62. The minimum atomic E-state index is -0.742. The van der Waals surface area contributed by atoms with Gasteiger partial charge < -0.3 is 4.74 Å². The van der Waals surface area contributed by atoms with Crippen molar-refractivity contribution in [2.75, 3.05) is 0 Å². The van der Waals surface area contributed by atoms with Crippen molar-refractivity contribution in [3.8, 4) is 6.07 Å². The van der Waals surface area contributed by atoms with E-state index in [1.165, 1.54) is 29.7 Å². The summed E-state index contributed by atoms with van der Waals surface area (Å²) < 4.78 is 18.7. The molecule has 0 heterocycles. The van der Waals surface area contributed by atoms with E-state index in [1.807, 2.05) is 6.08 Å². The first-order chi connectivity index (χ1) is 11.7. The fraction of sp³-hybridized carbons (Fsp3) is 0.476. The number of hydrogen-bond donors (Lipinski definition) is 0. The quantitative estimate of drug-likeness (QED) is 0.479. The summed E-state index contributed by atoms with van der Waals surface area (Å²) in [5.41, 5.74) is 2.62. The van der Waals surface area contributed by atoms with Crippen LogP contribution in [0.1, 0.15) is 50.2 Å². The topological polar surface area (TPSA) is 33.0 Å². The SMILES string of the molecule is CCCc1ccc(CO[C@H]2CC[C@H](/C=C/C=C(\F)C#N)CC2)cc1. The highest BCUT2D eigenvalue weighted by Gasteiger charge is 2.19. The molecule has 0 N–H and O–H groups in total. The van der Waals surface area contributed by atoms with Crippen LogP contribution < -0.4 is 0 Å². The number of benzene rings is 1. The van der Waals surface area contributed by atoms with Gasteiger partial charge in [0.05, 0.1) is 12.7 Å². The molecule has 1 aliphatic carbocycles. The molecule has 24 heavy (non-hydrogen) atoms. The van der Waals surface area contributed by atoms with E-state index in [1.54, 1.807) is 6.08 Å². The Morgan fingerprint density at radius 1 is 1.21 bits per heavy atom. The molecule has 0 aromatic heterocycles. The van der Waals surface area contributed by atoms with Crippen LogP contribution in [-0.2, 0) is 17.8 Å². The zero-order valence-electron chi connectivity index (χ0n) is 14.4. The zero-order valence-corrected chi connectivity index (χ0v) is 14.4. The normalized spacial score (nSPS) is 21.8. The maximum atomic E-state index is 12.7. The Hall–Kier alpha value is -1.92. The lowest BCUT2D eigenvalue weighted by Gasteiger charge is -2.26. The third-order valence-corrected chi connectivity index (χ3v) is 4.50. The predicted molar refractivity (Wildman–Crippen MR) is 94.9 cm³/mol. The monoisotopic (exact) mass is 327 g/mol. The molecule has 128 valence electrons. The Bertz CT molecular complexity index is 589. The van der Waals surface area contributed by atoms with Gasteiger partial charge in [-0.25, -0.2) is 0 Å². The van der Waals surface area contributed by atoms with Crippen LogP contribution in [0.2, 0.25) is 0 Å². The van der Waals surface area contributed by atoms with Crippen molar-refractivity contribution in [3.05, 3.63) is 59.4 Å². The van der Waals surface area contributed by atoms with Gasteiger partial charge in [-0.1, -0.05) is 49.8 Å². The van der Waals surface area contributed by atoms with Gasteiger partial charge in [-0.3, -0.25) is 0 Å². The van der Waals surface area contributed by atoms with Gasteiger partial charge >= 0.3 is 0 Å². The highest BCUT2D eigenvalue weighted by Crippen LogP contribution is 2.27. The molecule has 0 saturated heterocycles. The minimum Gasteiger partial charge on any atom is -0.374 e. The summed E-state index contributed by atoms with van der Waals surface area (Å²) in [4.78, 5) is 0. The van der Waals surface area contributed by atoms with E-state index in [0.29, 0.717) is 18.6 Å². The van der Waals surface area contributed by atoms with Crippen LogP contribution in [-0.4, -0.2) is 6.10 Å². The summed E-state index contributed by atoms with van der Waals surface area (Å²) in [7, 11) is 0. The third kappa shape index (κ3) is 6.29. The summed E-state index contributed by atoms with van der Waals surface area (Å²) in [6.07, 6.45) is 11.7. The number of hydrogen-bond acceptors (Lipinski definition) is 2. The highest BCUT2D eigenvalue weighted by molar-refractivity contribution is 5.22. The molecule has 1 aromatic carbocycles. The van der Waals surface area contributed by atoms with Crippen molar-refractivity contribution in [1.82, 2.24) is 0 Å². The van der Waals surface area contributed by atoms with Crippen molar-refractivity contribution in [3.63, 3.8) is 0 Å². The second kappa shape index (κ2) is 10.1. The summed E-state index contributed by atoms with van der Waals surface area (Å²) >= 11 is 0. The van der Waals surface area contributed by atoms with E-state index in [-0.39, 0.29) is 0 Å². The number of halogens is 1. The van der Waals surface area contributed by atoms with Gasteiger partial charge in [0.2, 0.25) is 0 Å². The molecule has 0 aliphatic heterocycles. The smallest absolute Gasteiger partial charge is 0.199 e. The minimum absolute atomic E-state index is 0.316. The lowest BCUT2D eigenvalue weighted by Crippen LogP contribution is -2.20. The van der Waals surface area contributed by atoms with Crippen molar-refractivity contribution < 1.29 is 9.13 Å². The Morgan fingerprint density at radius 2 is 1.88 bits per heavy atom. The van der Waals surface area contributed by atoms with Gasteiger partial charge in [-0.2, -0.15) is 9.65 Å². The lowest BCUT2D eigenvalue weighted by molar-refractivity contribution is 0.0110. The number of ether oxygens (including phenoxy) is 1. The number of rotatable bonds is 7. The predicted octanol–water partition coefficient (Wildman–Crippen LogP) is 5.65. The molecular weight excluding hydrogens is 301 g/mol. The van der Waals surface area contributed by atoms with Crippen LogP contribution in [0.3, 0.4) is 0 Å². The maximum absolute atomic E-state index is 12.7. The molecular formula is C21H26FNO. The van der Waals surface area contributed by atoms with E-state index in [4.69, 9.17) is 10.00 Å². The maximum Gasteiger partial charge on any atom is 0.199 e. The molecule has 1 saturated carbocycles. The molecule has 0 unspecified atom stereocenters. The first-order valence-corrected chi connectivity index (χ1v) is 8.84. The van der Waals surface area contributed by atoms with Crippen LogP contribution >= 0.6 is 0 Å². The molecule has 2 rings (SSSR count). The Morgan fingerprint density at radius 3 is 2.50 bits per heavy atom. The Kier molecular flexibility index (Phi) is 7.71. The number of nitrogens with zero attached hydrogens (tertiary/aromatic N) is 1. The fourth-order valence-electron chi connectivity index (χ4n) is 3.09. The average molecular weight is 327 g/mol. The molecule has 2 nitrogen and oxygen atoms in total. The van der Waals surface area contributed by atoms with Crippen LogP contribution in [0.4, 0.5) is 4.39 Å². The van der Waals surface area contributed by atoms with Gasteiger partial charge in [0.15, 0.2) is 5.83 Å². The number of aryl methyl sites for hydroxylation is 1. The molecule has 0 atom stereocenters. The molecule has 0 radical (unpaired) electrons. The van der Waals surface area contributed by atoms with Gasteiger partial charge in [0.25, 0.3) is 0 Å². The van der Waals surface area contributed by atoms with Gasteiger partial charge in [0.1, 0.15) is 6.07 Å². The Balaban J connectivity index is 1.70. The van der Waals surface area contributed by atoms with Crippen LogP contribution in [0.25, 0.3) is 0 Å². The summed E-state index contributed by atoms with van der Waals surface area (Å²) in [6.45, 7) is 2.87. The lowest BCUT2D eigenvalue weighted by atomic mass is 9.87. The summed E-state index contributed by atoms with van der Waals surface area (Å²) in [6, 6.07) is 10.2. The van der Waals surface area contributed by atoms with E-state index < -0.39 is 5.83 Å². The molecule has 0 amide bonds. The first kappa shape index (κ1) is 18.4. The molecule has 1 aromatic rings. The standard InChI is InChI=1S/C21H26FNO/c1-2-4-17-7-9-19(10-8-17)16-24-21-13-11-18(12-14-21)5-3-6-20(22)15-23/h3,5-10,18,21H,2,4,11-14,16H2,1H3/b5-3+,20-6-/t18-,21-. The Labute approximate surface area is 144 Å². The van der Waals surface area contributed by atoms with Crippen molar-refractivity contribution in [2.45, 2.75) is 58.2 Å². The molecule has 1 aliphatic rings. The zero-order chi connectivity index (χ0) is 17.2. The van der Waals surface area contributed by atoms with Crippen LogP contribution in [0.15, 0.2) is 48.3 Å². The molecule has 3 heteroatoms. The molecule has 0 spiro atoms. The number of allylic oxidation sites excluding steroid dienone is 4. The van der Waals surface area contributed by atoms with E-state index in [2.05, 4.69) is 31.2 Å². The van der Waals surface area contributed by atoms with E-state index in [0.717, 1.165) is 32.1 Å². The third-order valence-electron chi connectivity index (χ3n) is 4.50. The van der Waals surface area contributed by atoms with Crippen LogP contribution in [0.5, 0.6) is 0 Å². The van der Waals surface area contributed by atoms with Gasteiger partial charge in [-0.05, 0) is 55.2 Å². The second-order valence-electron chi connectivity index (χ2n) is 6.43. The fourth-order valence-corrected chi connectivity index (χ4v) is 3.09. The van der Waals surface area contributed by atoms with Crippen LogP contribution in [0, 0.1) is 17.2 Å².